The quantitative estimate of drug-likeness (QED) is 0.625. The van der Waals surface area contributed by atoms with E-state index in [0.29, 0.717) is 16.1 Å². The smallest absolute Gasteiger partial charge is 0.324 e. The monoisotopic (exact) mass is 434 g/mol. The number of nitrogens with zero attached hydrogens (tertiary/aromatic N) is 2. The van der Waals surface area contributed by atoms with Crippen molar-refractivity contribution in [1.82, 2.24) is 9.78 Å². The van der Waals surface area contributed by atoms with E-state index in [1.54, 1.807) is 24.3 Å². The first-order chi connectivity index (χ1) is 14.2. The molecule has 2 heterocycles. The number of fused-ring (bicyclic) bond motifs is 1. The summed E-state index contributed by atoms with van der Waals surface area (Å²) in [7, 11) is 0. The number of carbonyl (C=O) groups excluding carboxylic acids is 2. The van der Waals surface area contributed by atoms with Crippen LogP contribution < -0.4 is 10.6 Å². The molecule has 3 aromatic rings. The Balaban J connectivity index is 1.67. The van der Waals surface area contributed by atoms with Crippen LogP contribution in [0, 0.1) is 0 Å². The number of rotatable bonds is 3. The molecule has 0 unspecified atom stereocenters. The van der Waals surface area contributed by atoms with Crippen molar-refractivity contribution in [1.29, 1.82) is 0 Å². The zero-order valence-electron chi connectivity index (χ0n) is 15.2. The van der Waals surface area contributed by atoms with Crippen LogP contribution in [-0.2, 0) is 15.8 Å². The van der Waals surface area contributed by atoms with Gasteiger partial charge in [-0.2, -0.15) is 18.3 Å². The fraction of sp³-hybridized carbons (Fsp3) is 0.150. The van der Waals surface area contributed by atoms with Crippen molar-refractivity contribution in [2.75, 3.05) is 10.6 Å². The molecule has 1 aromatic heterocycles. The number of carbonyl (C=O) groups is 2. The van der Waals surface area contributed by atoms with Gasteiger partial charge in [-0.25, -0.2) is 4.68 Å². The minimum atomic E-state index is -4.63. The van der Waals surface area contributed by atoms with Crippen LogP contribution in [0.25, 0.3) is 11.1 Å². The highest BCUT2D eigenvalue weighted by Crippen LogP contribution is 2.37. The van der Waals surface area contributed by atoms with Crippen LogP contribution in [0.1, 0.15) is 18.0 Å². The number of anilines is 2. The number of hydrogen-bond donors (Lipinski definition) is 2. The molecule has 0 bridgehead atoms. The molecule has 1 aliphatic heterocycles. The van der Waals surface area contributed by atoms with E-state index in [9.17, 15) is 22.8 Å². The van der Waals surface area contributed by atoms with E-state index in [2.05, 4.69) is 15.7 Å². The number of nitrogens with one attached hydrogen (secondary N) is 2. The maximum absolute atomic E-state index is 13.2. The lowest BCUT2D eigenvalue weighted by molar-refractivity contribution is -0.137. The Morgan fingerprint density at radius 3 is 2.57 bits per heavy atom. The zero-order valence-corrected chi connectivity index (χ0v) is 16.0. The highest BCUT2D eigenvalue weighted by molar-refractivity contribution is 6.30. The highest BCUT2D eigenvalue weighted by Gasteiger charge is 2.36. The highest BCUT2D eigenvalue weighted by atomic mass is 35.5. The molecule has 2 aromatic carbocycles. The fourth-order valence-corrected chi connectivity index (χ4v) is 3.39. The van der Waals surface area contributed by atoms with Gasteiger partial charge < -0.3 is 10.6 Å². The van der Waals surface area contributed by atoms with Crippen molar-refractivity contribution < 1.29 is 22.8 Å². The summed E-state index contributed by atoms with van der Waals surface area (Å²) < 4.78 is 41.0. The molecule has 0 saturated carbocycles. The molecule has 0 aliphatic carbocycles. The van der Waals surface area contributed by atoms with Crippen molar-refractivity contribution in [3.63, 3.8) is 0 Å². The van der Waals surface area contributed by atoms with Gasteiger partial charge in [0.15, 0.2) is 0 Å². The van der Waals surface area contributed by atoms with E-state index in [0.717, 1.165) is 12.1 Å². The summed E-state index contributed by atoms with van der Waals surface area (Å²) in [6, 6.07) is 10.4. The summed E-state index contributed by atoms with van der Waals surface area (Å²) in [6.07, 6.45) is -3.41. The Morgan fingerprint density at radius 1 is 1.17 bits per heavy atom. The number of benzene rings is 2. The summed E-state index contributed by atoms with van der Waals surface area (Å²) in [5, 5.41) is 9.69. The Morgan fingerprint density at radius 2 is 1.87 bits per heavy atom. The number of amides is 2. The van der Waals surface area contributed by atoms with Crippen molar-refractivity contribution in [3.05, 3.63) is 65.3 Å². The third-order valence-corrected chi connectivity index (χ3v) is 4.93. The standard InChI is InChI=1S/C20H14ClF3N4O2/c21-12-7-5-11(6-8-12)13-10-25-28-16(9-17(29)27-18(13)28)19(30)26-15-4-2-1-3-14(15)20(22,23)24/h1-8,10,16H,9H2,(H,26,30)(H,27,29)/t16-/m1/s1. The van der Waals surface area contributed by atoms with Gasteiger partial charge >= 0.3 is 6.18 Å². The SMILES string of the molecule is O=C1C[C@H](C(=O)Nc2ccccc2C(F)(F)F)n2ncc(-c3ccc(Cl)cc3)c2N1. The van der Waals surface area contributed by atoms with E-state index in [-0.39, 0.29) is 17.9 Å². The lowest BCUT2D eigenvalue weighted by atomic mass is 10.1. The van der Waals surface area contributed by atoms with Gasteiger partial charge in [0.25, 0.3) is 0 Å². The number of alkyl halides is 3. The summed E-state index contributed by atoms with van der Waals surface area (Å²) >= 11 is 5.90. The van der Waals surface area contributed by atoms with Gasteiger partial charge in [0.05, 0.1) is 23.9 Å². The van der Waals surface area contributed by atoms with Crippen LogP contribution in [-0.4, -0.2) is 21.6 Å². The molecule has 1 atom stereocenters. The molecule has 154 valence electrons. The summed E-state index contributed by atoms with van der Waals surface area (Å²) in [5.41, 5.74) is -0.0774. The lowest BCUT2D eigenvalue weighted by Crippen LogP contribution is -2.36. The molecular weight excluding hydrogens is 421 g/mol. The maximum atomic E-state index is 13.2. The predicted molar refractivity (Wildman–Crippen MR) is 105 cm³/mol. The number of halogens is 4. The van der Waals surface area contributed by atoms with Gasteiger partial charge in [0.2, 0.25) is 11.8 Å². The Kier molecular flexibility index (Phi) is 4.98. The topological polar surface area (TPSA) is 76.0 Å². The molecule has 10 heteroatoms. The second kappa shape index (κ2) is 7.49. The number of hydrogen-bond acceptors (Lipinski definition) is 3. The minimum absolute atomic E-state index is 0.255. The number of aromatic nitrogens is 2. The summed E-state index contributed by atoms with van der Waals surface area (Å²) in [4.78, 5) is 25.0. The van der Waals surface area contributed by atoms with Gasteiger partial charge in [-0.1, -0.05) is 35.9 Å². The largest absolute Gasteiger partial charge is 0.418 e. The maximum Gasteiger partial charge on any atom is 0.418 e. The fourth-order valence-electron chi connectivity index (χ4n) is 3.27. The molecule has 0 fully saturated rings. The van der Waals surface area contributed by atoms with E-state index in [1.165, 1.54) is 23.0 Å². The first-order valence-corrected chi connectivity index (χ1v) is 9.22. The molecule has 2 amide bonds. The van der Waals surface area contributed by atoms with E-state index >= 15 is 0 Å². The van der Waals surface area contributed by atoms with Crippen LogP contribution in [0.15, 0.2) is 54.7 Å². The van der Waals surface area contributed by atoms with Crippen LogP contribution in [0.5, 0.6) is 0 Å². The average Bonchev–Trinajstić information content (AvgIpc) is 3.11. The first-order valence-electron chi connectivity index (χ1n) is 8.84. The van der Waals surface area contributed by atoms with Crippen LogP contribution >= 0.6 is 11.6 Å². The third kappa shape index (κ3) is 3.76. The van der Waals surface area contributed by atoms with Gasteiger partial charge in [-0.3, -0.25) is 9.59 Å². The van der Waals surface area contributed by atoms with Crippen molar-refractivity contribution in [2.24, 2.45) is 0 Å². The van der Waals surface area contributed by atoms with Crippen LogP contribution in [0.3, 0.4) is 0 Å². The van der Waals surface area contributed by atoms with Gasteiger partial charge in [0.1, 0.15) is 11.9 Å². The second-order valence-corrected chi connectivity index (χ2v) is 7.10. The zero-order chi connectivity index (χ0) is 21.5. The van der Waals surface area contributed by atoms with Gasteiger partial charge in [0, 0.05) is 10.6 Å². The molecule has 2 N–H and O–H groups in total. The predicted octanol–water partition coefficient (Wildman–Crippen LogP) is 4.74. The Bertz CT molecular complexity index is 1130. The molecule has 0 saturated heterocycles. The van der Waals surface area contributed by atoms with Gasteiger partial charge in [-0.15, -0.1) is 0 Å². The summed E-state index contributed by atoms with van der Waals surface area (Å²) in [5.74, 6) is -0.922. The molecule has 30 heavy (non-hydrogen) atoms. The molecule has 6 nitrogen and oxygen atoms in total. The van der Waals surface area contributed by atoms with E-state index in [4.69, 9.17) is 11.6 Å². The molecule has 1 aliphatic rings. The van der Waals surface area contributed by atoms with E-state index in [1.807, 2.05) is 0 Å². The third-order valence-electron chi connectivity index (χ3n) is 4.68. The average molecular weight is 435 g/mol. The molecule has 0 spiro atoms. The molecule has 4 rings (SSSR count). The lowest BCUT2D eigenvalue weighted by Gasteiger charge is -2.25. The number of para-hydroxylation sites is 1. The Hall–Kier alpha value is -3.33. The molecule has 0 radical (unpaired) electrons. The van der Waals surface area contributed by atoms with E-state index < -0.39 is 29.6 Å². The van der Waals surface area contributed by atoms with Gasteiger partial charge in [-0.05, 0) is 29.8 Å². The van der Waals surface area contributed by atoms with Crippen molar-refractivity contribution >= 4 is 34.9 Å². The minimum Gasteiger partial charge on any atom is -0.324 e. The second-order valence-electron chi connectivity index (χ2n) is 6.66. The van der Waals surface area contributed by atoms with Crippen LogP contribution in [0.4, 0.5) is 24.7 Å². The van der Waals surface area contributed by atoms with Crippen molar-refractivity contribution in [3.8, 4) is 11.1 Å². The van der Waals surface area contributed by atoms with Crippen LogP contribution in [0.2, 0.25) is 5.02 Å². The first kappa shape index (κ1) is 20.0. The summed E-state index contributed by atoms with van der Waals surface area (Å²) in [6.45, 7) is 0. The Labute approximate surface area is 173 Å². The van der Waals surface area contributed by atoms with Crippen molar-refractivity contribution in [2.45, 2.75) is 18.6 Å². The molecular formula is C20H14ClF3N4O2. The normalized spacial score (nSPS) is 16.0.